The fourth-order valence-electron chi connectivity index (χ4n) is 5.36. The highest BCUT2D eigenvalue weighted by Crippen LogP contribution is 2.55. The van der Waals surface area contributed by atoms with Crippen LogP contribution in [0.25, 0.3) is 11.0 Å². The molecule has 3 aliphatic carbocycles. The largest absolute Gasteiger partial charge is 0.376 e. The third kappa shape index (κ3) is 4.59. The number of nitrogens with two attached hydrogens (primary N) is 2. The van der Waals surface area contributed by atoms with Crippen LogP contribution in [0.3, 0.4) is 0 Å². The molecule has 3 fully saturated rings. The van der Waals surface area contributed by atoms with Crippen LogP contribution in [-0.4, -0.2) is 40.4 Å². The molecule has 0 spiro atoms. The van der Waals surface area contributed by atoms with Crippen molar-refractivity contribution < 1.29 is 27.1 Å². The van der Waals surface area contributed by atoms with Gasteiger partial charge in [0.2, 0.25) is 11.8 Å². The average molecular weight is 468 g/mol. The van der Waals surface area contributed by atoms with Crippen molar-refractivity contribution in [1.82, 2.24) is 9.97 Å². The van der Waals surface area contributed by atoms with E-state index in [0.717, 1.165) is 18.4 Å². The van der Waals surface area contributed by atoms with E-state index < -0.39 is 41.7 Å². The van der Waals surface area contributed by atoms with E-state index in [9.17, 15) is 22.4 Å². The van der Waals surface area contributed by atoms with E-state index in [1.165, 1.54) is 0 Å². The Morgan fingerprint density at radius 2 is 1.79 bits per heavy atom. The molecule has 180 valence electrons. The van der Waals surface area contributed by atoms with E-state index in [4.69, 9.17) is 16.2 Å². The highest BCUT2D eigenvalue weighted by molar-refractivity contribution is 5.80. The molecule has 1 heterocycles. The Morgan fingerprint density at radius 3 is 2.36 bits per heavy atom. The minimum Gasteiger partial charge on any atom is -0.376 e. The van der Waals surface area contributed by atoms with Gasteiger partial charge in [-0.1, -0.05) is 6.07 Å². The minimum atomic E-state index is -2.72. The number of rotatable bonds is 9. The van der Waals surface area contributed by atoms with Crippen LogP contribution in [0.5, 0.6) is 0 Å². The van der Waals surface area contributed by atoms with Gasteiger partial charge in [0.15, 0.2) is 0 Å². The van der Waals surface area contributed by atoms with Crippen LogP contribution in [0.15, 0.2) is 18.2 Å². The molecule has 0 bridgehead atoms. The summed E-state index contributed by atoms with van der Waals surface area (Å²) in [5, 5.41) is 0. The Hall–Kier alpha value is -2.20. The van der Waals surface area contributed by atoms with Crippen molar-refractivity contribution in [2.45, 2.75) is 68.4 Å². The molecule has 1 amide bonds. The second-order valence-corrected chi connectivity index (χ2v) is 10.0. The lowest BCUT2D eigenvalue weighted by Crippen LogP contribution is -2.46. The van der Waals surface area contributed by atoms with Crippen LogP contribution in [0.1, 0.15) is 61.9 Å². The van der Waals surface area contributed by atoms with E-state index in [2.05, 4.69) is 9.97 Å². The molecular weight excluding hydrogens is 440 g/mol. The van der Waals surface area contributed by atoms with E-state index in [1.807, 2.05) is 18.2 Å². The molecule has 0 radical (unpaired) electrons. The normalized spacial score (nSPS) is 25.2. The van der Waals surface area contributed by atoms with Gasteiger partial charge in [-0.2, -0.15) is 0 Å². The van der Waals surface area contributed by atoms with E-state index in [-0.39, 0.29) is 44.1 Å². The summed E-state index contributed by atoms with van der Waals surface area (Å²) in [6, 6.07) is 4.97. The zero-order valence-electron chi connectivity index (χ0n) is 18.1. The number of carbonyl (C=O) groups is 1. The van der Waals surface area contributed by atoms with Gasteiger partial charge < -0.3 is 21.2 Å². The lowest BCUT2D eigenvalue weighted by molar-refractivity contribution is -0.166. The monoisotopic (exact) mass is 468 g/mol. The molecule has 33 heavy (non-hydrogen) atoms. The highest BCUT2D eigenvalue weighted by Gasteiger charge is 2.54. The van der Waals surface area contributed by atoms with Crippen molar-refractivity contribution in [3.8, 4) is 0 Å². The van der Waals surface area contributed by atoms with Crippen LogP contribution in [0.2, 0.25) is 0 Å². The lowest BCUT2D eigenvalue weighted by Gasteiger charge is -2.42. The summed E-state index contributed by atoms with van der Waals surface area (Å²) in [4.78, 5) is 20.0. The number of H-pyrrole nitrogens is 1. The van der Waals surface area contributed by atoms with Gasteiger partial charge in [0.1, 0.15) is 5.82 Å². The maximum Gasteiger partial charge on any atom is 0.253 e. The standard InChI is InChI=1S/C23H28F4N4O2/c24-22(25)6-13(7-22)19(20(29)32)18(11-1-2-11)12-3-4-16-17(5-12)31-21(30-16)15(28)10-33-14-8-23(26,27)9-14/h3-5,11,13-15,18-19H,1-2,6-10,28H2,(H2,29,32)(H,30,31)/t15-,18-,19?/m0/s1. The molecule has 1 unspecified atom stereocenters. The third-order valence-corrected chi connectivity index (χ3v) is 7.30. The third-order valence-electron chi connectivity index (χ3n) is 7.30. The number of nitrogens with one attached hydrogen (secondary N) is 1. The second-order valence-electron chi connectivity index (χ2n) is 10.0. The summed E-state index contributed by atoms with van der Waals surface area (Å²) in [5.41, 5.74) is 14.1. The summed E-state index contributed by atoms with van der Waals surface area (Å²) in [7, 11) is 0. The predicted octanol–water partition coefficient (Wildman–Crippen LogP) is 4.02. The van der Waals surface area contributed by atoms with Crippen molar-refractivity contribution in [3.63, 3.8) is 0 Å². The van der Waals surface area contributed by atoms with E-state index in [0.29, 0.717) is 16.9 Å². The number of alkyl halides is 4. The maximum absolute atomic E-state index is 13.5. The smallest absolute Gasteiger partial charge is 0.253 e. The second kappa shape index (κ2) is 7.94. The van der Waals surface area contributed by atoms with Crippen molar-refractivity contribution in [2.24, 2.45) is 29.2 Å². The van der Waals surface area contributed by atoms with Gasteiger partial charge in [-0.3, -0.25) is 4.79 Å². The molecule has 5 rings (SSSR count). The van der Waals surface area contributed by atoms with E-state index >= 15 is 0 Å². The summed E-state index contributed by atoms with van der Waals surface area (Å²) < 4.78 is 58.5. The maximum atomic E-state index is 13.5. The molecule has 0 saturated heterocycles. The number of fused-ring (bicyclic) bond motifs is 1. The van der Waals surface area contributed by atoms with Crippen molar-refractivity contribution in [2.75, 3.05) is 6.61 Å². The number of aromatic nitrogens is 2. The van der Waals surface area contributed by atoms with E-state index in [1.54, 1.807) is 0 Å². The number of aromatic amines is 1. The fraction of sp³-hybridized carbons (Fsp3) is 0.652. The number of ether oxygens (including phenoxy) is 1. The first-order valence-electron chi connectivity index (χ1n) is 11.4. The van der Waals surface area contributed by atoms with Crippen LogP contribution in [-0.2, 0) is 9.53 Å². The molecule has 6 nitrogen and oxygen atoms in total. The van der Waals surface area contributed by atoms with Gasteiger partial charge in [0, 0.05) is 31.6 Å². The van der Waals surface area contributed by atoms with Crippen molar-refractivity contribution >= 4 is 16.9 Å². The number of primary amides is 1. The number of amides is 1. The van der Waals surface area contributed by atoms with Crippen molar-refractivity contribution in [3.05, 3.63) is 29.6 Å². The van der Waals surface area contributed by atoms with Gasteiger partial charge >= 0.3 is 0 Å². The minimum absolute atomic E-state index is 0.0672. The molecule has 1 aromatic carbocycles. The summed E-state index contributed by atoms with van der Waals surface area (Å²) >= 11 is 0. The first-order valence-corrected chi connectivity index (χ1v) is 11.4. The topological polar surface area (TPSA) is 107 Å². The first kappa shape index (κ1) is 22.6. The molecule has 1 aromatic heterocycles. The lowest BCUT2D eigenvalue weighted by atomic mass is 9.65. The molecule has 0 aliphatic heterocycles. The Labute approximate surface area is 188 Å². The van der Waals surface area contributed by atoms with Gasteiger partial charge in [-0.15, -0.1) is 0 Å². The molecule has 10 heteroatoms. The quantitative estimate of drug-likeness (QED) is 0.483. The number of halogens is 4. The number of benzene rings is 1. The van der Waals surface area contributed by atoms with Crippen LogP contribution < -0.4 is 11.5 Å². The zero-order valence-corrected chi connectivity index (χ0v) is 18.1. The Morgan fingerprint density at radius 1 is 1.12 bits per heavy atom. The Kier molecular flexibility index (Phi) is 5.43. The molecule has 3 aliphatic rings. The number of nitrogens with zero attached hydrogens (tertiary/aromatic N) is 1. The summed E-state index contributed by atoms with van der Waals surface area (Å²) in [6.45, 7) is 0.0672. The van der Waals surface area contributed by atoms with Gasteiger partial charge in [-0.25, -0.2) is 22.5 Å². The van der Waals surface area contributed by atoms with Crippen molar-refractivity contribution in [1.29, 1.82) is 0 Å². The summed E-state index contributed by atoms with van der Waals surface area (Å²) in [5.74, 6) is -6.44. The SMILES string of the molecule is NC(=O)C(C1CC(F)(F)C1)[C@H](c1ccc2nc([C@@H](N)COC3CC(F)(F)C3)[nH]c2c1)C1CC1. The summed E-state index contributed by atoms with van der Waals surface area (Å²) in [6.07, 6.45) is 0.188. The number of carbonyl (C=O) groups excluding carboxylic acids is 1. The molecular formula is C23H28F4N4O2. The molecule has 5 N–H and O–H groups in total. The number of imidazole rings is 1. The average Bonchev–Trinajstić information content (AvgIpc) is 3.43. The number of hydrogen-bond acceptors (Lipinski definition) is 4. The number of hydrogen-bond donors (Lipinski definition) is 3. The van der Waals surface area contributed by atoms with Gasteiger partial charge in [-0.05, 0) is 48.3 Å². The van der Waals surface area contributed by atoms with Gasteiger partial charge in [0.25, 0.3) is 5.92 Å². The molecule has 3 atom stereocenters. The Balaban J connectivity index is 1.33. The highest BCUT2D eigenvalue weighted by atomic mass is 19.3. The van der Waals surface area contributed by atoms with Gasteiger partial charge in [0.05, 0.1) is 29.8 Å². The predicted molar refractivity (Wildman–Crippen MR) is 113 cm³/mol. The zero-order chi connectivity index (χ0) is 23.5. The fourth-order valence-corrected chi connectivity index (χ4v) is 5.36. The van der Waals surface area contributed by atoms with Crippen LogP contribution in [0.4, 0.5) is 17.6 Å². The van der Waals surface area contributed by atoms with Crippen LogP contribution in [0, 0.1) is 17.8 Å². The molecule has 2 aromatic rings. The Bertz CT molecular complexity index is 1040. The molecule has 3 saturated carbocycles. The van der Waals surface area contributed by atoms with Crippen LogP contribution >= 0.6 is 0 Å². The first-order chi connectivity index (χ1) is 15.5.